The fraction of sp³-hybridized carbons (Fsp3) is 0.583. The molecule has 1 aromatic heterocycles. The van der Waals surface area contributed by atoms with E-state index in [0.29, 0.717) is 0 Å². The quantitative estimate of drug-likeness (QED) is 0.799. The minimum absolute atomic E-state index is 0.0512. The standard InChI is InChI=1S/C12H14F3N3O3/c13-12(14,15)7-3-1-6(2-4-7)10(19)16-9-5-8(11(20)21)17-18-9/h5-7H,1-4H2,(H,20,21)(H2,16,17,18,19). The van der Waals surface area contributed by atoms with Crippen molar-refractivity contribution in [2.45, 2.75) is 31.9 Å². The Balaban J connectivity index is 1.88. The molecule has 0 saturated heterocycles. The number of hydrogen-bond acceptors (Lipinski definition) is 3. The van der Waals surface area contributed by atoms with Crippen LogP contribution in [-0.4, -0.2) is 33.4 Å². The Bertz CT molecular complexity index is 533. The second kappa shape index (κ2) is 5.74. The lowest BCUT2D eigenvalue weighted by molar-refractivity contribution is -0.184. The lowest BCUT2D eigenvalue weighted by atomic mass is 9.81. The molecule has 0 atom stereocenters. The van der Waals surface area contributed by atoms with Gasteiger partial charge in [-0.15, -0.1) is 0 Å². The van der Waals surface area contributed by atoms with E-state index in [-0.39, 0.29) is 37.2 Å². The number of carboxylic acid groups (broad SMARTS) is 1. The van der Waals surface area contributed by atoms with Gasteiger partial charge in [-0.25, -0.2) is 4.79 Å². The number of halogens is 3. The summed E-state index contributed by atoms with van der Waals surface area (Å²) < 4.78 is 37.6. The smallest absolute Gasteiger partial charge is 0.391 e. The highest BCUT2D eigenvalue weighted by Gasteiger charge is 2.42. The van der Waals surface area contributed by atoms with Gasteiger partial charge in [0.15, 0.2) is 5.82 Å². The molecule has 0 aromatic carbocycles. The molecule has 1 heterocycles. The van der Waals surface area contributed by atoms with Crippen molar-refractivity contribution < 1.29 is 27.9 Å². The molecule has 0 radical (unpaired) electrons. The van der Waals surface area contributed by atoms with Gasteiger partial charge in [0, 0.05) is 12.0 Å². The highest BCUT2D eigenvalue weighted by atomic mass is 19.4. The number of carboxylic acids is 1. The summed E-state index contributed by atoms with van der Waals surface area (Å²) in [5.41, 5.74) is -0.175. The fourth-order valence-corrected chi connectivity index (χ4v) is 2.41. The van der Waals surface area contributed by atoms with Crippen molar-refractivity contribution in [2.75, 3.05) is 5.32 Å². The van der Waals surface area contributed by atoms with Crippen molar-refractivity contribution >= 4 is 17.7 Å². The molecule has 21 heavy (non-hydrogen) atoms. The predicted molar refractivity (Wildman–Crippen MR) is 65.7 cm³/mol. The van der Waals surface area contributed by atoms with Gasteiger partial charge in [-0.3, -0.25) is 9.89 Å². The van der Waals surface area contributed by atoms with Crippen LogP contribution in [0.3, 0.4) is 0 Å². The molecular weight excluding hydrogens is 291 g/mol. The van der Waals surface area contributed by atoms with Crippen LogP contribution in [0.1, 0.15) is 36.2 Å². The van der Waals surface area contributed by atoms with Crippen LogP contribution in [0.25, 0.3) is 0 Å². The highest BCUT2D eigenvalue weighted by Crippen LogP contribution is 2.39. The van der Waals surface area contributed by atoms with Gasteiger partial charge in [0.1, 0.15) is 5.69 Å². The van der Waals surface area contributed by atoms with E-state index in [1.165, 1.54) is 0 Å². The number of alkyl halides is 3. The lowest BCUT2D eigenvalue weighted by Gasteiger charge is -2.28. The first-order valence-electron chi connectivity index (χ1n) is 6.43. The topological polar surface area (TPSA) is 95.1 Å². The molecule has 2 rings (SSSR count). The van der Waals surface area contributed by atoms with Crippen molar-refractivity contribution in [3.05, 3.63) is 11.8 Å². The third kappa shape index (κ3) is 3.73. The summed E-state index contributed by atoms with van der Waals surface area (Å²) in [4.78, 5) is 22.6. The average molecular weight is 305 g/mol. The molecule has 3 N–H and O–H groups in total. The Hall–Kier alpha value is -2.06. The maximum atomic E-state index is 12.5. The van der Waals surface area contributed by atoms with Gasteiger partial charge in [0.05, 0.1) is 5.92 Å². The Labute approximate surface area is 117 Å². The number of nitrogens with zero attached hydrogens (tertiary/aromatic N) is 1. The zero-order valence-electron chi connectivity index (χ0n) is 10.9. The first kappa shape index (κ1) is 15.3. The third-order valence-corrected chi connectivity index (χ3v) is 3.62. The van der Waals surface area contributed by atoms with Crippen LogP contribution in [0.4, 0.5) is 19.0 Å². The molecule has 0 unspecified atom stereocenters. The van der Waals surface area contributed by atoms with Gasteiger partial charge >= 0.3 is 12.1 Å². The van der Waals surface area contributed by atoms with Crippen molar-refractivity contribution in [2.24, 2.45) is 11.8 Å². The van der Waals surface area contributed by atoms with E-state index in [0.717, 1.165) is 6.07 Å². The maximum Gasteiger partial charge on any atom is 0.391 e. The molecule has 1 fully saturated rings. The number of H-pyrrole nitrogens is 1. The lowest BCUT2D eigenvalue weighted by Crippen LogP contribution is -2.32. The van der Waals surface area contributed by atoms with E-state index < -0.39 is 29.9 Å². The zero-order chi connectivity index (χ0) is 15.6. The average Bonchev–Trinajstić information content (AvgIpc) is 2.86. The van der Waals surface area contributed by atoms with Crippen molar-refractivity contribution in [3.8, 4) is 0 Å². The normalized spacial score (nSPS) is 22.8. The molecule has 1 saturated carbocycles. The predicted octanol–water partition coefficient (Wildman–Crippen LogP) is 2.42. The second-order valence-corrected chi connectivity index (χ2v) is 5.05. The number of aromatic carboxylic acids is 1. The summed E-state index contributed by atoms with van der Waals surface area (Å²) in [6.07, 6.45) is -4.02. The summed E-state index contributed by atoms with van der Waals surface area (Å²) >= 11 is 0. The van der Waals surface area contributed by atoms with Gasteiger partial charge in [-0.2, -0.15) is 18.3 Å². The number of aromatic nitrogens is 2. The molecule has 1 aliphatic rings. The number of hydrogen-bond donors (Lipinski definition) is 3. The van der Waals surface area contributed by atoms with Gasteiger partial charge in [-0.1, -0.05) is 0 Å². The summed E-state index contributed by atoms with van der Waals surface area (Å²) in [5.74, 6) is -3.44. The van der Waals surface area contributed by atoms with Crippen molar-refractivity contribution in [1.82, 2.24) is 10.2 Å². The summed E-state index contributed by atoms with van der Waals surface area (Å²) in [6.45, 7) is 0. The van der Waals surface area contributed by atoms with Crippen LogP contribution in [0.5, 0.6) is 0 Å². The molecular formula is C12H14F3N3O3. The Morgan fingerprint density at radius 2 is 1.90 bits per heavy atom. The summed E-state index contributed by atoms with van der Waals surface area (Å²) in [6, 6.07) is 1.15. The molecule has 1 aliphatic carbocycles. The number of rotatable bonds is 3. The number of anilines is 1. The zero-order valence-corrected chi connectivity index (χ0v) is 10.9. The molecule has 116 valence electrons. The van der Waals surface area contributed by atoms with Gasteiger partial charge in [0.25, 0.3) is 0 Å². The number of amides is 1. The second-order valence-electron chi connectivity index (χ2n) is 5.05. The van der Waals surface area contributed by atoms with Crippen LogP contribution >= 0.6 is 0 Å². The molecule has 1 amide bonds. The number of carbonyl (C=O) groups is 2. The minimum atomic E-state index is -4.21. The van der Waals surface area contributed by atoms with Crippen LogP contribution < -0.4 is 5.32 Å². The maximum absolute atomic E-state index is 12.5. The molecule has 0 bridgehead atoms. The van der Waals surface area contributed by atoms with E-state index in [1.807, 2.05) is 0 Å². The first-order chi connectivity index (χ1) is 9.77. The Morgan fingerprint density at radius 3 is 2.38 bits per heavy atom. The third-order valence-electron chi connectivity index (χ3n) is 3.62. The Morgan fingerprint density at radius 1 is 1.29 bits per heavy atom. The van der Waals surface area contributed by atoms with Crippen molar-refractivity contribution in [3.63, 3.8) is 0 Å². The Kier molecular flexibility index (Phi) is 4.19. The molecule has 0 spiro atoms. The van der Waals surface area contributed by atoms with E-state index in [1.54, 1.807) is 0 Å². The van der Waals surface area contributed by atoms with Crippen molar-refractivity contribution in [1.29, 1.82) is 0 Å². The fourth-order valence-electron chi connectivity index (χ4n) is 2.41. The monoisotopic (exact) mass is 305 g/mol. The highest BCUT2D eigenvalue weighted by molar-refractivity contribution is 5.93. The number of nitrogens with one attached hydrogen (secondary N) is 2. The van der Waals surface area contributed by atoms with Crippen LogP contribution in [0.15, 0.2) is 6.07 Å². The van der Waals surface area contributed by atoms with Gasteiger partial charge in [0.2, 0.25) is 5.91 Å². The minimum Gasteiger partial charge on any atom is -0.477 e. The number of aromatic amines is 1. The van der Waals surface area contributed by atoms with Crippen LogP contribution in [0.2, 0.25) is 0 Å². The summed E-state index contributed by atoms with van der Waals surface area (Å²) in [7, 11) is 0. The van der Waals surface area contributed by atoms with Crippen LogP contribution in [-0.2, 0) is 4.79 Å². The van der Waals surface area contributed by atoms with E-state index >= 15 is 0 Å². The van der Waals surface area contributed by atoms with Crippen LogP contribution in [0, 0.1) is 11.8 Å². The SMILES string of the molecule is O=C(O)c1cc(NC(=O)C2CCC(C(F)(F)F)CC2)n[nH]1. The van der Waals surface area contributed by atoms with Gasteiger partial charge < -0.3 is 10.4 Å². The van der Waals surface area contributed by atoms with E-state index in [2.05, 4.69) is 15.5 Å². The molecule has 9 heteroatoms. The molecule has 0 aliphatic heterocycles. The van der Waals surface area contributed by atoms with E-state index in [4.69, 9.17) is 5.11 Å². The van der Waals surface area contributed by atoms with E-state index in [9.17, 15) is 22.8 Å². The molecule has 1 aromatic rings. The largest absolute Gasteiger partial charge is 0.477 e. The first-order valence-corrected chi connectivity index (χ1v) is 6.43. The van der Waals surface area contributed by atoms with Gasteiger partial charge in [-0.05, 0) is 25.7 Å². The summed E-state index contributed by atoms with van der Waals surface area (Å²) in [5, 5.41) is 16.9. The number of carbonyl (C=O) groups excluding carboxylic acids is 1. The molecule has 6 nitrogen and oxygen atoms in total.